The van der Waals surface area contributed by atoms with Crippen LogP contribution in [0.2, 0.25) is 10.0 Å². The van der Waals surface area contributed by atoms with E-state index in [0.717, 1.165) is 16.1 Å². The number of carbonyl (C=O) groups is 2. The second-order valence-electron chi connectivity index (χ2n) is 10.9. The Hall–Kier alpha value is -3.27. The van der Waals surface area contributed by atoms with Gasteiger partial charge in [-0.3, -0.25) is 13.9 Å². The first-order valence-corrected chi connectivity index (χ1v) is 16.1. The van der Waals surface area contributed by atoms with Gasteiger partial charge in [-0.05, 0) is 69.2 Å². The van der Waals surface area contributed by atoms with E-state index in [9.17, 15) is 18.0 Å². The molecule has 3 rings (SSSR count). The van der Waals surface area contributed by atoms with E-state index in [1.165, 1.54) is 4.90 Å². The van der Waals surface area contributed by atoms with E-state index >= 15 is 0 Å². The molecule has 0 saturated heterocycles. The van der Waals surface area contributed by atoms with Gasteiger partial charge in [0.15, 0.2) is 0 Å². The molecule has 0 aliphatic carbocycles. The normalized spacial score (nSPS) is 12.4. The highest BCUT2D eigenvalue weighted by Crippen LogP contribution is 2.28. The summed E-state index contributed by atoms with van der Waals surface area (Å²) < 4.78 is 32.7. The summed E-state index contributed by atoms with van der Waals surface area (Å²) in [5.74, 6) is -0.411. The number of nitrogens with zero attached hydrogens (tertiary/aromatic N) is 2. The number of anilines is 1. The Morgan fingerprint density at radius 3 is 2.05 bits per heavy atom. The number of carbonyl (C=O) groups excluding carboxylic acids is 2. The molecule has 0 aliphatic rings. The SMILES string of the molecule is CC[C@H](C(=O)NC(C)(C)C)N(Cc1c(Cl)cccc1Cl)C(=O)CN(c1ccc(OCc2ccccc2)cc1)S(C)(=O)=O. The van der Waals surface area contributed by atoms with Gasteiger partial charge < -0.3 is 15.0 Å². The van der Waals surface area contributed by atoms with E-state index in [1.807, 2.05) is 51.1 Å². The first-order valence-electron chi connectivity index (χ1n) is 13.5. The summed E-state index contributed by atoms with van der Waals surface area (Å²) in [5.41, 5.74) is 1.18. The summed E-state index contributed by atoms with van der Waals surface area (Å²) >= 11 is 12.8. The first kappa shape index (κ1) is 33.2. The van der Waals surface area contributed by atoms with Gasteiger partial charge in [-0.15, -0.1) is 0 Å². The Morgan fingerprint density at radius 1 is 0.929 bits per heavy atom. The monoisotopic (exact) mass is 633 g/mol. The molecule has 0 heterocycles. The van der Waals surface area contributed by atoms with E-state index < -0.39 is 34.1 Å². The van der Waals surface area contributed by atoms with Crippen LogP contribution in [0, 0.1) is 0 Å². The lowest BCUT2D eigenvalue weighted by molar-refractivity contribution is -0.141. The molecule has 8 nitrogen and oxygen atoms in total. The molecule has 0 aliphatic heterocycles. The van der Waals surface area contributed by atoms with Gasteiger partial charge in [0, 0.05) is 27.7 Å². The Kier molecular flexibility index (Phi) is 11.3. The number of rotatable bonds is 12. The Bertz CT molecular complexity index is 1460. The summed E-state index contributed by atoms with van der Waals surface area (Å²) in [4.78, 5) is 28.6. The maximum atomic E-state index is 13.9. The molecule has 42 heavy (non-hydrogen) atoms. The van der Waals surface area contributed by atoms with Crippen molar-refractivity contribution < 1.29 is 22.7 Å². The van der Waals surface area contributed by atoms with Gasteiger partial charge in [-0.25, -0.2) is 8.42 Å². The average molecular weight is 635 g/mol. The number of benzene rings is 3. The van der Waals surface area contributed by atoms with Crippen molar-refractivity contribution in [3.8, 4) is 5.75 Å². The van der Waals surface area contributed by atoms with Crippen molar-refractivity contribution in [3.63, 3.8) is 0 Å². The number of hydrogen-bond donors (Lipinski definition) is 1. The minimum Gasteiger partial charge on any atom is -0.489 e. The molecule has 3 aromatic carbocycles. The number of hydrogen-bond acceptors (Lipinski definition) is 5. The largest absolute Gasteiger partial charge is 0.489 e. The summed E-state index contributed by atoms with van der Waals surface area (Å²) in [5, 5.41) is 3.58. The molecule has 0 bridgehead atoms. The summed E-state index contributed by atoms with van der Waals surface area (Å²) in [6, 6.07) is 20.2. The third-order valence-corrected chi connectivity index (χ3v) is 8.18. The number of nitrogens with one attached hydrogen (secondary N) is 1. The molecule has 11 heteroatoms. The fourth-order valence-electron chi connectivity index (χ4n) is 4.29. The molecule has 1 N–H and O–H groups in total. The minimum absolute atomic E-state index is 0.0860. The topological polar surface area (TPSA) is 96.0 Å². The van der Waals surface area contributed by atoms with Crippen LogP contribution in [-0.2, 0) is 32.8 Å². The van der Waals surface area contributed by atoms with Gasteiger partial charge in [0.25, 0.3) is 0 Å². The lowest BCUT2D eigenvalue weighted by Crippen LogP contribution is -2.55. The Labute approximate surface area is 258 Å². The van der Waals surface area contributed by atoms with Crippen molar-refractivity contribution in [2.24, 2.45) is 0 Å². The van der Waals surface area contributed by atoms with Crippen LogP contribution in [0.15, 0.2) is 72.8 Å². The predicted molar refractivity (Wildman–Crippen MR) is 168 cm³/mol. The van der Waals surface area contributed by atoms with Crippen LogP contribution in [0.4, 0.5) is 5.69 Å². The Balaban J connectivity index is 1.91. The zero-order valence-electron chi connectivity index (χ0n) is 24.4. The molecule has 1 atom stereocenters. The van der Waals surface area contributed by atoms with Crippen LogP contribution in [0.1, 0.15) is 45.2 Å². The van der Waals surface area contributed by atoms with Crippen molar-refractivity contribution in [2.45, 2.75) is 58.8 Å². The van der Waals surface area contributed by atoms with Crippen LogP contribution in [0.5, 0.6) is 5.75 Å². The number of sulfonamides is 1. The molecule has 3 aromatic rings. The molecule has 0 aromatic heterocycles. The van der Waals surface area contributed by atoms with E-state index in [-0.39, 0.29) is 24.6 Å². The summed E-state index contributed by atoms with van der Waals surface area (Å²) in [6.07, 6.45) is 1.31. The third-order valence-electron chi connectivity index (χ3n) is 6.33. The van der Waals surface area contributed by atoms with Gasteiger partial charge in [0.1, 0.15) is 24.9 Å². The number of amides is 2. The smallest absolute Gasteiger partial charge is 0.244 e. The standard InChI is InChI=1S/C31H37Cl2N3O5S/c1-6-28(30(38)34-31(2,3)4)35(19-25-26(32)13-10-14-27(25)33)29(37)20-36(42(5,39)40)23-15-17-24(18-16-23)41-21-22-11-8-7-9-12-22/h7-18,28H,6,19-21H2,1-5H3,(H,34,38)/t28-/m1/s1. The van der Waals surface area contributed by atoms with Crippen LogP contribution in [-0.4, -0.2) is 49.5 Å². The van der Waals surface area contributed by atoms with E-state index in [2.05, 4.69) is 5.32 Å². The first-order chi connectivity index (χ1) is 19.7. The fraction of sp³-hybridized carbons (Fsp3) is 0.355. The van der Waals surface area contributed by atoms with Gasteiger partial charge in [0.2, 0.25) is 21.8 Å². The van der Waals surface area contributed by atoms with Gasteiger partial charge >= 0.3 is 0 Å². The Morgan fingerprint density at radius 2 is 1.52 bits per heavy atom. The van der Waals surface area contributed by atoms with Crippen LogP contribution < -0.4 is 14.4 Å². The fourth-order valence-corrected chi connectivity index (χ4v) is 5.66. The number of ether oxygens (including phenoxy) is 1. The van der Waals surface area contributed by atoms with Crippen molar-refractivity contribution in [3.05, 3.63) is 94.0 Å². The zero-order valence-corrected chi connectivity index (χ0v) is 26.8. The van der Waals surface area contributed by atoms with Crippen LogP contribution in [0.3, 0.4) is 0 Å². The lowest BCUT2D eigenvalue weighted by atomic mass is 10.1. The second kappa shape index (κ2) is 14.3. The molecular weight excluding hydrogens is 597 g/mol. The average Bonchev–Trinajstić information content (AvgIpc) is 2.91. The molecular formula is C31H37Cl2N3O5S. The predicted octanol–water partition coefficient (Wildman–Crippen LogP) is 6.06. The van der Waals surface area contributed by atoms with Gasteiger partial charge in [-0.2, -0.15) is 0 Å². The summed E-state index contributed by atoms with van der Waals surface area (Å²) in [7, 11) is -3.89. The molecule has 0 radical (unpaired) electrons. The highest BCUT2D eigenvalue weighted by atomic mass is 35.5. The lowest BCUT2D eigenvalue weighted by Gasteiger charge is -2.34. The highest BCUT2D eigenvalue weighted by molar-refractivity contribution is 7.92. The van der Waals surface area contributed by atoms with Crippen LogP contribution in [0.25, 0.3) is 0 Å². The summed E-state index contributed by atoms with van der Waals surface area (Å²) in [6.45, 7) is 7.03. The second-order valence-corrected chi connectivity index (χ2v) is 13.6. The molecule has 2 amide bonds. The van der Waals surface area contributed by atoms with Gasteiger partial charge in [0.05, 0.1) is 11.9 Å². The van der Waals surface area contributed by atoms with Crippen LogP contribution >= 0.6 is 23.2 Å². The van der Waals surface area contributed by atoms with E-state index in [4.69, 9.17) is 27.9 Å². The molecule has 0 saturated carbocycles. The molecule has 226 valence electrons. The van der Waals surface area contributed by atoms with Crippen molar-refractivity contribution in [1.29, 1.82) is 0 Å². The molecule has 0 fully saturated rings. The maximum Gasteiger partial charge on any atom is 0.244 e. The zero-order chi connectivity index (χ0) is 31.1. The third kappa shape index (κ3) is 9.37. The van der Waals surface area contributed by atoms with Crippen molar-refractivity contribution in [2.75, 3.05) is 17.1 Å². The molecule has 0 spiro atoms. The van der Waals surface area contributed by atoms with Crippen molar-refractivity contribution >= 4 is 50.7 Å². The highest BCUT2D eigenvalue weighted by Gasteiger charge is 2.33. The van der Waals surface area contributed by atoms with Crippen molar-refractivity contribution in [1.82, 2.24) is 10.2 Å². The van der Waals surface area contributed by atoms with E-state index in [1.54, 1.807) is 49.4 Å². The van der Waals surface area contributed by atoms with Gasteiger partial charge in [-0.1, -0.05) is 66.5 Å². The molecule has 0 unspecified atom stereocenters. The quantitative estimate of drug-likeness (QED) is 0.261. The minimum atomic E-state index is -3.89. The number of halogens is 2. The van der Waals surface area contributed by atoms with E-state index in [0.29, 0.717) is 28.0 Å². The maximum absolute atomic E-state index is 13.9.